The van der Waals surface area contributed by atoms with Crippen LogP contribution in [0.3, 0.4) is 0 Å². The Hall–Kier alpha value is -2.82. The molecule has 5 nitrogen and oxygen atoms in total. The van der Waals surface area contributed by atoms with E-state index in [0.717, 1.165) is 12.0 Å². The van der Waals surface area contributed by atoms with Crippen LogP contribution < -0.4 is 10.6 Å². The molecule has 0 saturated carbocycles. The number of hydrogen-bond donors (Lipinski definition) is 2. The van der Waals surface area contributed by atoms with Crippen LogP contribution >= 0.6 is 0 Å². The maximum absolute atomic E-state index is 12.9. The molecular weight excluding hydrogens is 350 g/mol. The van der Waals surface area contributed by atoms with Crippen molar-refractivity contribution in [2.24, 2.45) is 5.92 Å². The van der Waals surface area contributed by atoms with Crippen LogP contribution in [0.25, 0.3) is 0 Å². The summed E-state index contributed by atoms with van der Waals surface area (Å²) in [5.74, 6) is -0.0623. The monoisotopic (exact) mass is 379 g/mol. The SMILES string of the molecule is CC(C)NC(=O)N1C[C@H](C(=O)NCc2ccccc2)C[C@H](c2ccccc2)C1. The molecule has 0 spiro atoms. The minimum Gasteiger partial charge on any atom is -0.352 e. The summed E-state index contributed by atoms with van der Waals surface area (Å²) in [6.07, 6.45) is 0.746. The van der Waals surface area contributed by atoms with E-state index in [9.17, 15) is 9.59 Å². The summed E-state index contributed by atoms with van der Waals surface area (Å²) in [5.41, 5.74) is 2.24. The molecule has 1 saturated heterocycles. The number of piperidine rings is 1. The molecule has 2 aromatic carbocycles. The highest BCUT2D eigenvalue weighted by Gasteiger charge is 2.34. The topological polar surface area (TPSA) is 61.4 Å². The number of carbonyl (C=O) groups excluding carboxylic acids is 2. The van der Waals surface area contributed by atoms with Gasteiger partial charge < -0.3 is 15.5 Å². The van der Waals surface area contributed by atoms with Gasteiger partial charge >= 0.3 is 6.03 Å². The van der Waals surface area contributed by atoms with Crippen molar-refractivity contribution >= 4 is 11.9 Å². The average Bonchev–Trinajstić information content (AvgIpc) is 2.72. The van der Waals surface area contributed by atoms with Crippen LogP contribution in [-0.4, -0.2) is 36.0 Å². The highest BCUT2D eigenvalue weighted by molar-refractivity contribution is 5.81. The van der Waals surface area contributed by atoms with Gasteiger partial charge in [-0.1, -0.05) is 60.7 Å². The summed E-state index contributed by atoms with van der Waals surface area (Å²) in [5, 5.41) is 6.00. The smallest absolute Gasteiger partial charge is 0.317 e. The van der Waals surface area contributed by atoms with Crippen molar-refractivity contribution in [1.29, 1.82) is 0 Å². The molecule has 0 aliphatic carbocycles. The third kappa shape index (κ3) is 5.35. The van der Waals surface area contributed by atoms with Gasteiger partial charge in [0.1, 0.15) is 0 Å². The fraction of sp³-hybridized carbons (Fsp3) is 0.391. The zero-order valence-electron chi connectivity index (χ0n) is 16.6. The molecule has 0 aromatic heterocycles. The molecule has 2 N–H and O–H groups in total. The number of urea groups is 1. The molecule has 2 atom stereocenters. The van der Waals surface area contributed by atoms with Crippen LogP contribution in [0.4, 0.5) is 4.79 Å². The Bertz CT molecular complexity index is 777. The molecule has 0 unspecified atom stereocenters. The predicted molar refractivity (Wildman–Crippen MR) is 111 cm³/mol. The lowest BCUT2D eigenvalue weighted by Crippen LogP contribution is -2.52. The van der Waals surface area contributed by atoms with Gasteiger partial charge in [-0.15, -0.1) is 0 Å². The van der Waals surface area contributed by atoms with Crippen molar-refractivity contribution in [1.82, 2.24) is 15.5 Å². The Kier molecular flexibility index (Phi) is 6.69. The summed E-state index contributed by atoms with van der Waals surface area (Å²) >= 11 is 0. The second-order valence-electron chi connectivity index (χ2n) is 7.75. The molecule has 3 amide bonds. The molecule has 1 heterocycles. The standard InChI is InChI=1S/C23H29N3O2/c1-17(2)25-23(28)26-15-20(19-11-7-4-8-12-19)13-21(16-26)22(27)24-14-18-9-5-3-6-10-18/h3-12,17,20-21H,13-16H2,1-2H3,(H,24,27)(H,25,28)/t20-,21+/m0/s1. The van der Waals surface area contributed by atoms with Crippen LogP contribution in [0.15, 0.2) is 60.7 Å². The first kappa shape index (κ1) is 19.9. The molecule has 5 heteroatoms. The summed E-state index contributed by atoms with van der Waals surface area (Å²) in [6, 6.07) is 20.0. The van der Waals surface area contributed by atoms with E-state index >= 15 is 0 Å². The minimum atomic E-state index is -0.222. The molecule has 1 fully saturated rings. The minimum absolute atomic E-state index is 0.00633. The van der Waals surface area contributed by atoms with E-state index in [1.807, 2.05) is 62.4 Å². The normalized spacial score (nSPS) is 19.3. The average molecular weight is 380 g/mol. The van der Waals surface area contributed by atoms with E-state index in [2.05, 4.69) is 22.8 Å². The Morgan fingerprint density at radius 1 is 1.00 bits per heavy atom. The van der Waals surface area contributed by atoms with E-state index in [-0.39, 0.29) is 29.8 Å². The number of likely N-dealkylation sites (tertiary alicyclic amines) is 1. The summed E-state index contributed by atoms with van der Waals surface area (Å²) in [4.78, 5) is 27.3. The van der Waals surface area contributed by atoms with Crippen molar-refractivity contribution in [3.8, 4) is 0 Å². The lowest BCUT2D eigenvalue weighted by molar-refractivity contribution is -0.126. The highest BCUT2D eigenvalue weighted by Crippen LogP contribution is 2.30. The van der Waals surface area contributed by atoms with Gasteiger partial charge in [0.05, 0.1) is 5.92 Å². The number of amides is 3. The number of nitrogens with one attached hydrogen (secondary N) is 2. The quantitative estimate of drug-likeness (QED) is 0.835. The number of carbonyl (C=O) groups is 2. The largest absolute Gasteiger partial charge is 0.352 e. The number of benzene rings is 2. The van der Waals surface area contributed by atoms with Gasteiger partial charge in [0.2, 0.25) is 5.91 Å². The molecule has 0 bridgehead atoms. The van der Waals surface area contributed by atoms with Crippen LogP contribution in [0.2, 0.25) is 0 Å². The van der Waals surface area contributed by atoms with Gasteiger partial charge in [0.25, 0.3) is 0 Å². The van der Waals surface area contributed by atoms with Gasteiger partial charge in [0, 0.05) is 31.6 Å². The van der Waals surface area contributed by atoms with Gasteiger partial charge in [-0.3, -0.25) is 4.79 Å². The summed E-state index contributed by atoms with van der Waals surface area (Å²) in [7, 11) is 0. The molecular formula is C23H29N3O2. The van der Waals surface area contributed by atoms with E-state index in [0.29, 0.717) is 19.6 Å². The summed E-state index contributed by atoms with van der Waals surface area (Å²) in [6.45, 7) is 5.47. The van der Waals surface area contributed by atoms with Crippen LogP contribution in [-0.2, 0) is 11.3 Å². The lowest BCUT2D eigenvalue weighted by atomic mass is 9.84. The van der Waals surface area contributed by atoms with Crippen molar-refractivity contribution in [2.75, 3.05) is 13.1 Å². The Labute approximate surface area is 167 Å². The zero-order chi connectivity index (χ0) is 19.9. The molecule has 1 aliphatic heterocycles. The van der Waals surface area contributed by atoms with E-state index in [1.54, 1.807) is 4.90 Å². The lowest BCUT2D eigenvalue weighted by Gasteiger charge is -2.37. The maximum atomic E-state index is 12.9. The highest BCUT2D eigenvalue weighted by atomic mass is 16.2. The van der Waals surface area contributed by atoms with Crippen molar-refractivity contribution in [3.05, 3.63) is 71.8 Å². The van der Waals surface area contributed by atoms with Gasteiger partial charge in [-0.25, -0.2) is 4.79 Å². The predicted octanol–water partition coefficient (Wildman–Crippen LogP) is 3.53. The first-order valence-electron chi connectivity index (χ1n) is 9.95. The second-order valence-corrected chi connectivity index (χ2v) is 7.75. The van der Waals surface area contributed by atoms with Gasteiger partial charge in [-0.05, 0) is 31.4 Å². The Morgan fingerprint density at radius 3 is 2.29 bits per heavy atom. The zero-order valence-corrected chi connectivity index (χ0v) is 16.6. The third-order valence-corrected chi connectivity index (χ3v) is 5.10. The maximum Gasteiger partial charge on any atom is 0.317 e. The van der Waals surface area contributed by atoms with E-state index in [4.69, 9.17) is 0 Å². The molecule has 1 aliphatic rings. The van der Waals surface area contributed by atoms with Gasteiger partial charge in [-0.2, -0.15) is 0 Å². The third-order valence-electron chi connectivity index (χ3n) is 5.10. The van der Waals surface area contributed by atoms with E-state index in [1.165, 1.54) is 5.56 Å². The van der Waals surface area contributed by atoms with Crippen molar-refractivity contribution < 1.29 is 9.59 Å². The molecule has 3 rings (SSSR count). The van der Waals surface area contributed by atoms with Crippen LogP contribution in [0, 0.1) is 5.92 Å². The summed E-state index contributed by atoms with van der Waals surface area (Å²) < 4.78 is 0. The fourth-order valence-electron chi connectivity index (χ4n) is 3.69. The molecule has 0 radical (unpaired) electrons. The van der Waals surface area contributed by atoms with Crippen molar-refractivity contribution in [2.45, 2.75) is 38.8 Å². The van der Waals surface area contributed by atoms with Crippen molar-refractivity contribution in [3.63, 3.8) is 0 Å². The fourth-order valence-corrected chi connectivity index (χ4v) is 3.69. The van der Waals surface area contributed by atoms with E-state index < -0.39 is 0 Å². The molecule has 28 heavy (non-hydrogen) atoms. The Balaban J connectivity index is 1.71. The Morgan fingerprint density at radius 2 is 1.64 bits per heavy atom. The molecule has 148 valence electrons. The molecule has 2 aromatic rings. The first-order chi connectivity index (χ1) is 13.5. The van der Waals surface area contributed by atoms with Crippen LogP contribution in [0.5, 0.6) is 0 Å². The number of rotatable bonds is 5. The van der Waals surface area contributed by atoms with Crippen LogP contribution in [0.1, 0.15) is 37.3 Å². The second kappa shape index (κ2) is 9.40. The van der Waals surface area contributed by atoms with Gasteiger partial charge in [0.15, 0.2) is 0 Å². The number of hydrogen-bond acceptors (Lipinski definition) is 2. The number of nitrogens with zero attached hydrogens (tertiary/aromatic N) is 1. The first-order valence-corrected chi connectivity index (χ1v) is 9.95.